The zero-order chi connectivity index (χ0) is 11.2. The first-order valence-corrected chi connectivity index (χ1v) is 7.34. The fraction of sp³-hybridized carbons (Fsp3) is 0.933. The van der Waals surface area contributed by atoms with Crippen LogP contribution in [0.5, 0.6) is 0 Å². The maximum atomic E-state index is 10.8. The van der Waals surface area contributed by atoms with Gasteiger partial charge in [0.2, 0.25) is 0 Å². The Morgan fingerprint density at radius 3 is 2.25 bits per heavy atom. The Kier molecular flexibility index (Phi) is 4.87. The fourth-order valence-corrected chi connectivity index (χ4v) is 3.67. The molecule has 1 heteroatoms. The topological polar surface area (TPSA) is 17.1 Å². The van der Waals surface area contributed by atoms with Crippen molar-refractivity contribution in [3.05, 3.63) is 0 Å². The van der Waals surface area contributed by atoms with Crippen LogP contribution in [-0.2, 0) is 4.79 Å². The van der Waals surface area contributed by atoms with Gasteiger partial charge < -0.3 is 4.79 Å². The summed E-state index contributed by atoms with van der Waals surface area (Å²) in [5.41, 5.74) is 0. The molecular formula is C15H26O. The molecule has 16 heavy (non-hydrogen) atoms. The monoisotopic (exact) mass is 222 g/mol. The Morgan fingerprint density at radius 2 is 1.50 bits per heavy atom. The first-order chi connectivity index (χ1) is 7.88. The van der Waals surface area contributed by atoms with Gasteiger partial charge in [-0.2, -0.15) is 0 Å². The van der Waals surface area contributed by atoms with E-state index in [4.69, 9.17) is 0 Å². The van der Waals surface area contributed by atoms with Crippen LogP contribution >= 0.6 is 0 Å². The lowest BCUT2D eigenvalue weighted by atomic mass is 9.77. The second-order valence-corrected chi connectivity index (χ2v) is 6.01. The van der Waals surface area contributed by atoms with Gasteiger partial charge in [-0.05, 0) is 24.7 Å². The van der Waals surface area contributed by atoms with Crippen molar-refractivity contribution >= 4 is 6.29 Å². The van der Waals surface area contributed by atoms with Crippen LogP contribution in [0.25, 0.3) is 0 Å². The van der Waals surface area contributed by atoms with E-state index in [0.717, 1.165) is 18.3 Å². The first-order valence-electron chi connectivity index (χ1n) is 7.34. The third kappa shape index (κ3) is 3.61. The van der Waals surface area contributed by atoms with E-state index in [1.807, 2.05) is 0 Å². The van der Waals surface area contributed by atoms with Crippen molar-refractivity contribution in [3.63, 3.8) is 0 Å². The van der Waals surface area contributed by atoms with Crippen LogP contribution in [-0.4, -0.2) is 6.29 Å². The molecule has 2 unspecified atom stereocenters. The molecule has 0 amide bonds. The van der Waals surface area contributed by atoms with E-state index < -0.39 is 0 Å². The molecule has 2 aliphatic carbocycles. The molecular weight excluding hydrogens is 196 g/mol. The number of carbonyl (C=O) groups is 1. The van der Waals surface area contributed by atoms with Crippen LogP contribution in [0.4, 0.5) is 0 Å². The molecule has 0 aromatic rings. The normalized spacial score (nSPS) is 32.5. The molecule has 0 aromatic heterocycles. The maximum Gasteiger partial charge on any atom is 0.123 e. The highest BCUT2D eigenvalue weighted by Gasteiger charge is 2.22. The minimum Gasteiger partial charge on any atom is -0.303 e. The Labute approximate surface area is 100.0 Å². The van der Waals surface area contributed by atoms with E-state index in [9.17, 15) is 4.79 Å². The molecule has 0 aliphatic heterocycles. The zero-order valence-corrected chi connectivity index (χ0v) is 10.5. The van der Waals surface area contributed by atoms with Gasteiger partial charge in [0.25, 0.3) is 0 Å². The molecule has 0 saturated heterocycles. The van der Waals surface area contributed by atoms with Crippen molar-refractivity contribution in [1.29, 1.82) is 0 Å². The first kappa shape index (κ1) is 12.1. The summed E-state index contributed by atoms with van der Waals surface area (Å²) in [6.45, 7) is 0. The molecule has 2 fully saturated rings. The van der Waals surface area contributed by atoms with Gasteiger partial charge in [0.05, 0.1) is 0 Å². The Bertz CT molecular complexity index is 205. The van der Waals surface area contributed by atoms with E-state index >= 15 is 0 Å². The van der Waals surface area contributed by atoms with E-state index in [1.165, 1.54) is 70.5 Å². The molecule has 1 nitrogen and oxygen atoms in total. The van der Waals surface area contributed by atoms with Crippen molar-refractivity contribution < 1.29 is 4.79 Å². The Morgan fingerprint density at radius 1 is 0.812 bits per heavy atom. The van der Waals surface area contributed by atoms with Gasteiger partial charge in [-0.1, -0.05) is 57.8 Å². The average Bonchev–Trinajstić information content (AvgIpc) is 2.38. The highest BCUT2D eigenvalue weighted by Crippen LogP contribution is 2.34. The smallest absolute Gasteiger partial charge is 0.123 e. The van der Waals surface area contributed by atoms with Crippen molar-refractivity contribution in [1.82, 2.24) is 0 Å². The van der Waals surface area contributed by atoms with Gasteiger partial charge in [-0.15, -0.1) is 0 Å². The van der Waals surface area contributed by atoms with Crippen LogP contribution in [0.1, 0.15) is 70.6 Å². The van der Waals surface area contributed by atoms with E-state index in [-0.39, 0.29) is 0 Å². The molecule has 0 N–H and O–H groups in total. The Balaban J connectivity index is 1.66. The third-order valence-corrected chi connectivity index (χ3v) is 4.72. The number of carbonyl (C=O) groups excluding carboxylic acids is 1. The summed E-state index contributed by atoms with van der Waals surface area (Å²) in [4.78, 5) is 10.8. The maximum absolute atomic E-state index is 10.8. The van der Waals surface area contributed by atoms with Crippen molar-refractivity contribution in [2.24, 2.45) is 17.8 Å². The lowest BCUT2D eigenvalue weighted by Gasteiger charge is -2.28. The predicted octanol–water partition coefficient (Wildman–Crippen LogP) is 4.35. The number of hydrogen-bond donors (Lipinski definition) is 0. The summed E-state index contributed by atoms with van der Waals surface area (Å²) in [6, 6.07) is 0. The van der Waals surface area contributed by atoms with Crippen molar-refractivity contribution in [3.8, 4) is 0 Å². The summed E-state index contributed by atoms with van der Waals surface area (Å²) in [5, 5.41) is 0. The molecule has 0 heterocycles. The molecule has 0 bridgehead atoms. The highest BCUT2D eigenvalue weighted by molar-refractivity contribution is 5.53. The Hall–Kier alpha value is -0.330. The molecule has 2 rings (SSSR count). The van der Waals surface area contributed by atoms with Crippen LogP contribution in [0.15, 0.2) is 0 Å². The molecule has 92 valence electrons. The molecule has 0 aromatic carbocycles. The minimum atomic E-state index is 0.394. The van der Waals surface area contributed by atoms with Gasteiger partial charge in [0, 0.05) is 5.92 Å². The summed E-state index contributed by atoms with van der Waals surface area (Å²) in [6.07, 6.45) is 16.4. The lowest BCUT2D eigenvalue weighted by Crippen LogP contribution is -2.18. The quantitative estimate of drug-likeness (QED) is 0.646. The summed E-state index contributed by atoms with van der Waals surface area (Å²) in [7, 11) is 0. The standard InChI is InChI=1S/C15H26O/c16-12-15-8-4-7-14(11-15)10-9-13-5-2-1-3-6-13/h12-15H,1-11H2. The highest BCUT2D eigenvalue weighted by atomic mass is 16.1. The third-order valence-electron chi connectivity index (χ3n) is 4.72. The van der Waals surface area contributed by atoms with Gasteiger partial charge >= 0.3 is 0 Å². The number of hydrogen-bond acceptors (Lipinski definition) is 1. The second-order valence-electron chi connectivity index (χ2n) is 6.01. The van der Waals surface area contributed by atoms with Gasteiger partial charge in [-0.3, -0.25) is 0 Å². The van der Waals surface area contributed by atoms with Crippen LogP contribution in [0.2, 0.25) is 0 Å². The minimum absolute atomic E-state index is 0.394. The lowest BCUT2D eigenvalue weighted by molar-refractivity contribution is -0.112. The van der Waals surface area contributed by atoms with E-state index in [1.54, 1.807) is 0 Å². The molecule has 2 aliphatic rings. The number of rotatable bonds is 4. The summed E-state index contributed by atoms with van der Waals surface area (Å²) >= 11 is 0. The second kappa shape index (κ2) is 6.42. The van der Waals surface area contributed by atoms with Gasteiger partial charge in [0.15, 0.2) is 0 Å². The molecule has 0 spiro atoms. The fourth-order valence-electron chi connectivity index (χ4n) is 3.67. The van der Waals surface area contributed by atoms with E-state index in [0.29, 0.717) is 5.92 Å². The zero-order valence-electron chi connectivity index (χ0n) is 10.5. The molecule has 2 saturated carbocycles. The van der Waals surface area contributed by atoms with Gasteiger partial charge in [-0.25, -0.2) is 0 Å². The molecule has 0 radical (unpaired) electrons. The summed E-state index contributed by atoms with van der Waals surface area (Å²) in [5.74, 6) is 2.28. The van der Waals surface area contributed by atoms with E-state index in [2.05, 4.69) is 0 Å². The predicted molar refractivity (Wildman–Crippen MR) is 67.3 cm³/mol. The average molecular weight is 222 g/mol. The summed E-state index contributed by atoms with van der Waals surface area (Å²) < 4.78 is 0. The van der Waals surface area contributed by atoms with Crippen molar-refractivity contribution in [2.75, 3.05) is 0 Å². The SMILES string of the molecule is O=CC1CCCC(CCC2CCCCC2)C1. The van der Waals surface area contributed by atoms with Crippen LogP contribution in [0.3, 0.4) is 0 Å². The van der Waals surface area contributed by atoms with Gasteiger partial charge in [0.1, 0.15) is 6.29 Å². The molecule has 2 atom stereocenters. The largest absolute Gasteiger partial charge is 0.303 e. The number of aldehydes is 1. The van der Waals surface area contributed by atoms with Crippen LogP contribution < -0.4 is 0 Å². The van der Waals surface area contributed by atoms with Crippen molar-refractivity contribution in [2.45, 2.75) is 70.6 Å². The van der Waals surface area contributed by atoms with Crippen LogP contribution in [0, 0.1) is 17.8 Å².